The van der Waals surface area contributed by atoms with Crippen LogP contribution in [-0.2, 0) is 12.8 Å². The summed E-state index contributed by atoms with van der Waals surface area (Å²) >= 11 is 1.21. The molecular formula is C15H15N3O2S. The molecule has 2 aromatic heterocycles. The molecule has 1 N–H and O–H groups in total. The highest BCUT2D eigenvalue weighted by Gasteiger charge is 2.20. The van der Waals surface area contributed by atoms with E-state index in [-0.39, 0.29) is 5.56 Å². The second kappa shape index (κ2) is 5.81. The minimum absolute atomic E-state index is 0.241. The molecule has 3 rings (SSSR count). The number of carbonyl (C=O) groups is 1. The van der Waals surface area contributed by atoms with Crippen LogP contribution < -0.4 is 0 Å². The summed E-state index contributed by atoms with van der Waals surface area (Å²) in [6, 6.07) is 1.76. The Morgan fingerprint density at radius 1 is 1.24 bits per heavy atom. The molecule has 5 nitrogen and oxygen atoms in total. The van der Waals surface area contributed by atoms with Gasteiger partial charge in [0, 0.05) is 18.1 Å². The van der Waals surface area contributed by atoms with Crippen molar-refractivity contribution in [2.75, 3.05) is 0 Å². The summed E-state index contributed by atoms with van der Waals surface area (Å²) in [5, 5.41) is 10.4. The number of aromatic carboxylic acids is 1. The van der Waals surface area contributed by atoms with E-state index in [2.05, 4.69) is 15.0 Å². The molecule has 1 aliphatic carbocycles. The number of carboxylic acids is 1. The van der Waals surface area contributed by atoms with E-state index < -0.39 is 5.97 Å². The molecule has 0 saturated heterocycles. The number of hydrogen-bond acceptors (Lipinski definition) is 5. The van der Waals surface area contributed by atoms with Crippen molar-refractivity contribution in [3.63, 3.8) is 0 Å². The Morgan fingerprint density at radius 3 is 2.67 bits per heavy atom. The van der Waals surface area contributed by atoms with E-state index in [1.54, 1.807) is 18.5 Å². The number of rotatable bonds is 3. The zero-order valence-electron chi connectivity index (χ0n) is 11.7. The fourth-order valence-electron chi connectivity index (χ4n) is 2.37. The number of fused-ring (bicyclic) bond motifs is 1. The van der Waals surface area contributed by atoms with Crippen LogP contribution in [0.5, 0.6) is 0 Å². The molecule has 0 atom stereocenters. The van der Waals surface area contributed by atoms with E-state index in [4.69, 9.17) is 0 Å². The first-order valence-electron chi connectivity index (χ1n) is 6.86. The van der Waals surface area contributed by atoms with Crippen LogP contribution in [0.1, 0.15) is 40.0 Å². The molecule has 21 heavy (non-hydrogen) atoms. The van der Waals surface area contributed by atoms with Crippen molar-refractivity contribution in [1.29, 1.82) is 0 Å². The maximum Gasteiger partial charge on any atom is 0.338 e. The topological polar surface area (TPSA) is 76.0 Å². The van der Waals surface area contributed by atoms with Crippen LogP contribution in [0, 0.1) is 6.92 Å². The van der Waals surface area contributed by atoms with E-state index in [1.807, 2.05) is 6.92 Å². The second-order valence-electron chi connectivity index (χ2n) is 5.10. The van der Waals surface area contributed by atoms with Crippen LogP contribution in [0.4, 0.5) is 0 Å². The van der Waals surface area contributed by atoms with Gasteiger partial charge in [-0.3, -0.25) is 0 Å². The van der Waals surface area contributed by atoms with Gasteiger partial charge in [0.05, 0.1) is 5.56 Å². The minimum atomic E-state index is -0.953. The van der Waals surface area contributed by atoms with Crippen LogP contribution in [0.2, 0.25) is 0 Å². The molecule has 6 heteroatoms. The van der Waals surface area contributed by atoms with Crippen molar-refractivity contribution < 1.29 is 9.90 Å². The predicted molar refractivity (Wildman–Crippen MR) is 78.7 cm³/mol. The van der Waals surface area contributed by atoms with Crippen molar-refractivity contribution in [2.24, 2.45) is 0 Å². The average Bonchev–Trinajstić information content (AvgIpc) is 2.48. The number of pyridine rings is 1. The van der Waals surface area contributed by atoms with E-state index in [0.717, 1.165) is 42.5 Å². The Bertz CT molecular complexity index is 686. The normalized spacial score (nSPS) is 13.8. The number of aryl methyl sites for hydroxylation is 3. The van der Waals surface area contributed by atoms with E-state index in [9.17, 15) is 9.90 Å². The molecular weight excluding hydrogens is 286 g/mol. The Balaban J connectivity index is 1.99. The second-order valence-corrected chi connectivity index (χ2v) is 6.06. The van der Waals surface area contributed by atoms with Crippen molar-refractivity contribution in [3.05, 3.63) is 40.8 Å². The van der Waals surface area contributed by atoms with Gasteiger partial charge < -0.3 is 5.11 Å². The Labute approximate surface area is 126 Å². The summed E-state index contributed by atoms with van der Waals surface area (Å²) in [6.07, 6.45) is 7.47. The third kappa shape index (κ3) is 3.05. The number of aromatic nitrogens is 3. The van der Waals surface area contributed by atoms with E-state index in [0.29, 0.717) is 10.2 Å². The highest BCUT2D eigenvalue weighted by molar-refractivity contribution is 7.99. The van der Waals surface area contributed by atoms with Crippen molar-refractivity contribution >= 4 is 17.7 Å². The first-order valence-corrected chi connectivity index (χ1v) is 7.68. The summed E-state index contributed by atoms with van der Waals surface area (Å²) in [4.78, 5) is 24.4. The van der Waals surface area contributed by atoms with Crippen molar-refractivity contribution in [2.45, 2.75) is 42.8 Å². The first-order chi connectivity index (χ1) is 10.1. The van der Waals surface area contributed by atoms with Gasteiger partial charge in [0.2, 0.25) is 0 Å². The highest BCUT2D eigenvalue weighted by Crippen LogP contribution is 2.30. The van der Waals surface area contributed by atoms with Gasteiger partial charge in [0.15, 0.2) is 5.16 Å². The van der Waals surface area contributed by atoms with Gasteiger partial charge in [-0.05, 0) is 61.6 Å². The van der Waals surface area contributed by atoms with Crippen LogP contribution in [0.3, 0.4) is 0 Å². The molecule has 2 heterocycles. The molecule has 0 saturated carbocycles. The highest BCUT2D eigenvalue weighted by atomic mass is 32.2. The van der Waals surface area contributed by atoms with Crippen LogP contribution in [-0.4, -0.2) is 26.0 Å². The fraction of sp³-hybridized carbons (Fsp3) is 0.333. The first kappa shape index (κ1) is 14.0. The predicted octanol–water partition coefficient (Wildman–Crippen LogP) is 2.91. The van der Waals surface area contributed by atoms with Gasteiger partial charge in [-0.25, -0.2) is 19.7 Å². The number of hydrogen-bond donors (Lipinski definition) is 1. The molecule has 0 unspecified atom stereocenters. The van der Waals surface area contributed by atoms with Crippen LogP contribution in [0.15, 0.2) is 28.6 Å². The molecule has 2 aromatic rings. The van der Waals surface area contributed by atoms with Crippen molar-refractivity contribution in [1.82, 2.24) is 15.0 Å². The van der Waals surface area contributed by atoms with Gasteiger partial charge in [-0.2, -0.15) is 0 Å². The molecule has 0 radical (unpaired) electrons. The van der Waals surface area contributed by atoms with E-state index >= 15 is 0 Å². The number of carboxylic acid groups (broad SMARTS) is 1. The quantitative estimate of drug-likeness (QED) is 0.878. The molecule has 108 valence electrons. The lowest BCUT2D eigenvalue weighted by Gasteiger charge is -2.16. The van der Waals surface area contributed by atoms with Gasteiger partial charge in [0.1, 0.15) is 5.03 Å². The molecule has 0 fully saturated rings. The van der Waals surface area contributed by atoms with Gasteiger partial charge in [-0.15, -0.1) is 0 Å². The molecule has 0 aliphatic heterocycles. The molecule has 0 bridgehead atoms. The van der Waals surface area contributed by atoms with Gasteiger partial charge in [-0.1, -0.05) is 0 Å². The average molecular weight is 301 g/mol. The standard InChI is InChI=1S/C15H15N3O2S/c1-9-7-16-15(17-8-9)21-13-11(14(19)20)6-10-4-2-3-5-12(10)18-13/h6-8H,2-5H2,1H3,(H,19,20). The smallest absolute Gasteiger partial charge is 0.338 e. The number of nitrogens with zero attached hydrogens (tertiary/aromatic N) is 3. The third-order valence-corrected chi connectivity index (χ3v) is 4.34. The lowest BCUT2D eigenvalue weighted by atomic mass is 9.95. The maximum absolute atomic E-state index is 11.5. The summed E-state index contributed by atoms with van der Waals surface area (Å²) in [7, 11) is 0. The van der Waals surface area contributed by atoms with E-state index in [1.165, 1.54) is 11.8 Å². The monoisotopic (exact) mass is 301 g/mol. The summed E-state index contributed by atoms with van der Waals surface area (Å²) in [5.41, 5.74) is 3.29. The van der Waals surface area contributed by atoms with Gasteiger partial charge >= 0.3 is 5.97 Å². The maximum atomic E-state index is 11.5. The summed E-state index contributed by atoms with van der Waals surface area (Å²) < 4.78 is 0. The SMILES string of the molecule is Cc1cnc(Sc2nc3c(cc2C(=O)O)CCCC3)nc1. The largest absolute Gasteiger partial charge is 0.478 e. The summed E-state index contributed by atoms with van der Waals surface area (Å²) in [6.45, 7) is 1.91. The zero-order valence-corrected chi connectivity index (χ0v) is 12.5. The fourth-order valence-corrected chi connectivity index (χ4v) is 3.16. The lowest BCUT2D eigenvalue weighted by molar-refractivity contribution is 0.0692. The van der Waals surface area contributed by atoms with Crippen LogP contribution in [0.25, 0.3) is 0 Å². The molecule has 0 amide bonds. The molecule has 0 spiro atoms. The minimum Gasteiger partial charge on any atom is -0.478 e. The molecule has 1 aliphatic rings. The zero-order chi connectivity index (χ0) is 14.8. The Kier molecular flexibility index (Phi) is 3.88. The molecule has 0 aromatic carbocycles. The van der Waals surface area contributed by atoms with Crippen LogP contribution >= 0.6 is 11.8 Å². The van der Waals surface area contributed by atoms with Crippen molar-refractivity contribution in [3.8, 4) is 0 Å². The Hall–Kier alpha value is -1.95. The van der Waals surface area contributed by atoms with Gasteiger partial charge in [0.25, 0.3) is 0 Å². The lowest BCUT2D eigenvalue weighted by Crippen LogP contribution is -2.11. The summed E-state index contributed by atoms with van der Waals surface area (Å²) in [5.74, 6) is -0.953. The third-order valence-electron chi connectivity index (χ3n) is 3.44. The Morgan fingerprint density at radius 2 is 1.95 bits per heavy atom.